The van der Waals surface area contributed by atoms with E-state index in [0.717, 1.165) is 0 Å². The summed E-state index contributed by atoms with van der Waals surface area (Å²) < 4.78 is 4.79. The van der Waals surface area contributed by atoms with Crippen LogP contribution in [-0.4, -0.2) is 16.3 Å². The van der Waals surface area contributed by atoms with Crippen LogP contribution in [0.5, 0.6) is 0 Å². The number of hydrogen-bond acceptors (Lipinski definition) is 4. The Labute approximate surface area is 78.1 Å². The van der Waals surface area contributed by atoms with Gasteiger partial charge in [-0.05, 0) is 17.7 Å². The van der Waals surface area contributed by atoms with Crippen molar-refractivity contribution in [3.63, 3.8) is 0 Å². The largest absolute Gasteiger partial charge is 0.418 e. The van der Waals surface area contributed by atoms with Crippen molar-refractivity contribution in [1.29, 1.82) is 0 Å². The van der Waals surface area contributed by atoms with Gasteiger partial charge in [0.25, 0.3) is 0 Å². The maximum atomic E-state index is 10.8. The van der Waals surface area contributed by atoms with Gasteiger partial charge >= 0.3 is 5.76 Å². The Morgan fingerprint density at radius 3 is 3.14 bits per heavy atom. The van der Waals surface area contributed by atoms with E-state index in [0.29, 0.717) is 23.1 Å². The molecule has 0 atom stereocenters. The van der Waals surface area contributed by atoms with Crippen molar-refractivity contribution in [2.24, 2.45) is 0 Å². The van der Waals surface area contributed by atoms with Crippen LogP contribution in [0, 0.1) is 0 Å². The Kier molecular flexibility index (Phi) is 1.98. The lowest BCUT2D eigenvalue weighted by Gasteiger charge is -1.89. The number of rotatable bonds is 2. The lowest BCUT2D eigenvalue weighted by molar-refractivity contribution is -0.104. The Bertz CT molecular complexity index is 550. The van der Waals surface area contributed by atoms with Crippen molar-refractivity contribution in [2.45, 2.75) is 0 Å². The zero-order valence-corrected chi connectivity index (χ0v) is 7.06. The summed E-state index contributed by atoms with van der Waals surface area (Å²) in [5.74, 6) is -0.538. The fourth-order valence-corrected chi connectivity index (χ4v) is 1.09. The zero-order chi connectivity index (χ0) is 9.97. The predicted molar refractivity (Wildman–Crippen MR) is 49.7 cm³/mol. The standard InChI is InChI=1S/C9H6N2O3/c12-3-1-2-6-4-7-8(10-5-6)11-9(13)14-7/h1-5H,(H,10,11,13). The van der Waals surface area contributed by atoms with Gasteiger partial charge in [0.05, 0.1) is 0 Å². The SMILES string of the molecule is O=CC=Cc1cnc2[nH]c(=O)oc2c1. The first-order valence-corrected chi connectivity index (χ1v) is 3.90. The number of aromatic amines is 1. The van der Waals surface area contributed by atoms with Crippen molar-refractivity contribution in [3.05, 3.63) is 34.5 Å². The highest BCUT2D eigenvalue weighted by Crippen LogP contribution is 2.09. The van der Waals surface area contributed by atoms with Gasteiger partial charge in [-0.15, -0.1) is 0 Å². The summed E-state index contributed by atoms with van der Waals surface area (Å²) in [6.07, 6.45) is 5.12. The van der Waals surface area contributed by atoms with Crippen molar-refractivity contribution in [1.82, 2.24) is 9.97 Å². The molecule has 2 heterocycles. The van der Waals surface area contributed by atoms with Crippen molar-refractivity contribution < 1.29 is 9.21 Å². The van der Waals surface area contributed by atoms with E-state index in [2.05, 4.69) is 9.97 Å². The second-order valence-corrected chi connectivity index (χ2v) is 2.63. The van der Waals surface area contributed by atoms with Gasteiger partial charge in [-0.3, -0.25) is 9.78 Å². The van der Waals surface area contributed by atoms with E-state index in [9.17, 15) is 9.59 Å². The monoisotopic (exact) mass is 190 g/mol. The maximum absolute atomic E-state index is 10.8. The molecule has 0 spiro atoms. The summed E-state index contributed by atoms with van der Waals surface area (Å²) in [6.45, 7) is 0. The van der Waals surface area contributed by atoms with Crippen LogP contribution in [0.25, 0.3) is 17.3 Å². The fraction of sp³-hybridized carbons (Fsp3) is 0. The van der Waals surface area contributed by atoms with E-state index in [1.165, 1.54) is 12.3 Å². The van der Waals surface area contributed by atoms with Crippen LogP contribution in [0.1, 0.15) is 5.56 Å². The van der Waals surface area contributed by atoms with Crippen molar-refractivity contribution >= 4 is 23.6 Å². The summed E-state index contributed by atoms with van der Waals surface area (Å²) in [7, 11) is 0. The molecule has 14 heavy (non-hydrogen) atoms. The number of pyridine rings is 1. The van der Waals surface area contributed by atoms with E-state index < -0.39 is 5.76 Å². The molecule has 0 aliphatic rings. The van der Waals surface area contributed by atoms with E-state index in [4.69, 9.17) is 4.42 Å². The second kappa shape index (κ2) is 3.29. The third-order valence-corrected chi connectivity index (χ3v) is 1.66. The predicted octanol–water partition coefficient (Wildman–Crippen LogP) is 0.728. The molecule has 0 bridgehead atoms. The molecule has 5 nitrogen and oxygen atoms in total. The van der Waals surface area contributed by atoms with E-state index in [1.807, 2.05) is 0 Å². The normalized spacial score (nSPS) is 11.1. The molecule has 0 unspecified atom stereocenters. The Morgan fingerprint density at radius 2 is 2.36 bits per heavy atom. The molecule has 0 aromatic carbocycles. The molecule has 0 radical (unpaired) electrons. The van der Waals surface area contributed by atoms with Gasteiger partial charge < -0.3 is 4.42 Å². The lowest BCUT2D eigenvalue weighted by atomic mass is 10.2. The highest BCUT2D eigenvalue weighted by molar-refractivity contribution is 5.76. The van der Waals surface area contributed by atoms with Gasteiger partial charge in [0, 0.05) is 6.20 Å². The molecule has 0 fully saturated rings. The maximum Gasteiger partial charge on any atom is 0.418 e. The highest BCUT2D eigenvalue weighted by Gasteiger charge is 2.01. The van der Waals surface area contributed by atoms with Crippen LogP contribution in [0.3, 0.4) is 0 Å². The number of allylic oxidation sites excluding steroid dienone is 1. The van der Waals surface area contributed by atoms with Crippen LogP contribution < -0.4 is 5.76 Å². The van der Waals surface area contributed by atoms with Crippen molar-refractivity contribution in [3.8, 4) is 0 Å². The smallest absolute Gasteiger partial charge is 0.406 e. The quantitative estimate of drug-likeness (QED) is 0.559. The minimum absolute atomic E-state index is 0.378. The Morgan fingerprint density at radius 1 is 1.50 bits per heavy atom. The van der Waals surface area contributed by atoms with Gasteiger partial charge in [0.1, 0.15) is 6.29 Å². The van der Waals surface area contributed by atoms with Crippen LogP contribution in [0.4, 0.5) is 0 Å². The number of H-pyrrole nitrogens is 1. The number of aldehydes is 1. The first-order valence-electron chi connectivity index (χ1n) is 3.90. The summed E-state index contributed by atoms with van der Waals surface area (Å²) in [6, 6.07) is 1.63. The van der Waals surface area contributed by atoms with E-state index >= 15 is 0 Å². The first kappa shape index (κ1) is 8.43. The molecular weight excluding hydrogens is 184 g/mol. The number of oxazole rings is 1. The zero-order valence-electron chi connectivity index (χ0n) is 7.06. The molecule has 0 saturated carbocycles. The van der Waals surface area contributed by atoms with Crippen molar-refractivity contribution in [2.75, 3.05) is 0 Å². The first-order chi connectivity index (χ1) is 6.79. The van der Waals surface area contributed by atoms with Gasteiger partial charge in [0.15, 0.2) is 11.2 Å². The molecular formula is C9H6N2O3. The van der Waals surface area contributed by atoms with E-state index in [1.54, 1.807) is 12.1 Å². The van der Waals surface area contributed by atoms with Gasteiger partial charge in [0.2, 0.25) is 0 Å². The summed E-state index contributed by atoms with van der Waals surface area (Å²) in [4.78, 5) is 27.2. The minimum atomic E-state index is -0.538. The highest BCUT2D eigenvalue weighted by atomic mass is 16.4. The topological polar surface area (TPSA) is 76.0 Å². The number of nitrogens with one attached hydrogen (secondary N) is 1. The third kappa shape index (κ3) is 1.47. The van der Waals surface area contributed by atoms with Crippen LogP contribution >= 0.6 is 0 Å². The van der Waals surface area contributed by atoms with Crippen LogP contribution in [0.15, 0.2) is 27.6 Å². The molecule has 0 amide bonds. The van der Waals surface area contributed by atoms with Crippen LogP contribution in [0.2, 0.25) is 0 Å². The Balaban J connectivity index is 2.55. The number of carbonyl (C=O) groups is 1. The molecule has 70 valence electrons. The molecule has 0 aliphatic heterocycles. The number of carbonyl (C=O) groups excluding carboxylic acids is 1. The number of nitrogens with zero attached hydrogens (tertiary/aromatic N) is 1. The molecule has 5 heteroatoms. The number of aromatic nitrogens is 2. The lowest BCUT2D eigenvalue weighted by Crippen LogP contribution is -1.93. The third-order valence-electron chi connectivity index (χ3n) is 1.66. The number of fused-ring (bicyclic) bond motifs is 1. The summed E-state index contributed by atoms with van der Waals surface area (Å²) in [5.41, 5.74) is 1.48. The number of hydrogen-bond donors (Lipinski definition) is 1. The minimum Gasteiger partial charge on any atom is -0.406 e. The average molecular weight is 190 g/mol. The molecule has 2 aromatic heterocycles. The molecule has 2 aromatic rings. The van der Waals surface area contributed by atoms with E-state index in [-0.39, 0.29) is 0 Å². The summed E-state index contributed by atoms with van der Waals surface area (Å²) >= 11 is 0. The molecule has 1 N–H and O–H groups in total. The van der Waals surface area contributed by atoms with Gasteiger partial charge in [-0.25, -0.2) is 9.78 Å². The van der Waals surface area contributed by atoms with Gasteiger partial charge in [-0.1, -0.05) is 6.08 Å². The van der Waals surface area contributed by atoms with Crippen LogP contribution in [-0.2, 0) is 4.79 Å². The average Bonchev–Trinajstić information content (AvgIpc) is 2.54. The molecule has 0 aliphatic carbocycles. The summed E-state index contributed by atoms with van der Waals surface area (Å²) in [5, 5.41) is 0. The fourth-order valence-electron chi connectivity index (χ4n) is 1.09. The Hall–Kier alpha value is -2.17. The molecule has 0 saturated heterocycles. The second-order valence-electron chi connectivity index (χ2n) is 2.63. The molecule has 2 rings (SSSR count). The van der Waals surface area contributed by atoms with Gasteiger partial charge in [-0.2, -0.15) is 0 Å².